The van der Waals surface area contributed by atoms with Crippen LogP contribution in [0.2, 0.25) is 0 Å². The first-order valence-electron chi connectivity index (χ1n) is 8.65. The van der Waals surface area contributed by atoms with Gasteiger partial charge in [0.1, 0.15) is 13.7 Å². The van der Waals surface area contributed by atoms with E-state index in [1.165, 1.54) is 7.11 Å². The summed E-state index contributed by atoms with van der Waals surface area (Å²) < 4.78 is 11.8. The minimum atomic E-state index is -0.304. The Balaban J connectivity index is 0.00000420. The molecule has 0 spiro atoms. The van der Waals surface area contributed by atoms with E-state index in [4.69, 9.17) is 14.3 Å². The lowest BCUT2D eigenvalue weighted by Crippen LogP contribution is -2.33. The van der Waals surface area contributed by atoms with Gasteiger partial charge in [-0.25, -0.2) is 0 Å². The number of methoxy groups -OCH3 is 1. The van der Waals surface area contributed by atoms with Crippen LogP contribution in [-0.4, -0.2) is 39.0 Å². The van der Waals surface area contributed by atoms with Crippen LogP contribution in [-0.2, 0) is 16.1 Å². The number of hydrogen-bond acceptors (Lipinski definition) is 5. The van der Waals surface area contributed by atoms with Gasteiger partial charge in [-0.05, 0) is 36.2 Å². The zero-order valence-electron chi connectivity index (χ0n) is 15.9. The van der Waals surface area contributed by atoms with Crippen LogP contribution in [0.4, 0.5) is 0 Å². The third-order valence-electron chi connectivity index (χ3n) is 3.80. The van der Waals surface area contributed by atoms with Crippen LogP contribution in [0.1, 0.15) is 12.6 Å². The number of benzene rings is 2. The van der Waals surface area contributed by atoms with Gasteiger partial charge in [-0.1, -0.05) is 51.9 Å². The van der Waals surface area contributed by atoms with E-state index >= 15 is 0 Å². The Morgan fingerprint density at radius 2 is 1.96 bits per heavy atom. The van der Waals surface area contributed by atoms with E-state index in [1.54, 1.807) is 25.3 Å². The maximum absolute atomic E-state index is 12.5. The number of rotatable bonds is 10. The lowest BCUT2D eigenvalue weighted by molar-refractivity contribution is -0.114. The third kappa shape index (κ3) is 6.13. The summed E-state index contributed by atoms with van der Waals surface area (Å²) in [6.45, 7) is 4.48. The first-order chi connectivity index (χ1) is 13.6. The summed E-state index contributed by atoms with van der Waals surface area (Å²) in [5, 5.41) is 6.73. The molecule has 0 bridgehead atoms. The molecule has 0 fully saturated rings. The Morgan fingerprint density at radius 1 is 1.21 bits per heavy atom. The molecule has 1 N–H and O–H groups in total. The second kappa shape index (κ2) is 11.1. The maximum Gasteiger partial charge on any atom is 0.273 e. The van der Waals surface area contributed by atoms with Crippen LogP contribution in [0, 0.1) is 0 Å². The Morgan fingerprint density at radius 3 is 2.61 bits per heavy atom. The van der Waals surface area contributed by atoms with Crippen LogP contribution in [0.3, 0.4) is 0 Å². The van der Waals surface area contributed by atoms with Gasteiger partial charge < -0.3 is 19.6 Å². The lowest BCUT2D eigenvalue weighted by atomic mass is 10.1. The first-order valence-corrected chi connectivity index (χ1v) is 9.44. The molecule has 0 heterocycles. The Labute approximate surface area is 174 Å². The summed E-state index contributed by atoms with van der Waals surface area (Å²) >= 11 is 3.37. The average Bonchev–Trinajstić information content (AvgIpc) is 2.71. The van der Waals surface area contributed by atoms with Gasteiger partial charge in [0.05, 0.1) is 7.11 Å². The highest BCUT2D eigenvalue weighted by atomic mass is 79.9. The minimum Gasteiger partial charge on any atom is -0.493 e. The van der Waals surface area contributed by atoms with E-state index in [0.717, 1.165) is 10.0 Å². The average molecular weight is 449 g/mol. The van der Waals surface area contributed by atoms with Crippen LogP contribution < -0.4 is 14.8 Å². The van der Waals surface area contributed by atoms with Gasteiger partial charge in [0, 0.05) is 18.0 Å². The second-order valence-electron chi connectivity index (χ2n) is 5.72. The molecule has 0 radical (unpaired) electrons. The lowest BCUT2D eigenvalue weighted by Gasteiger charge is -2.12. The molecule has 6 nitrogen and oxygen atoms in total. The molecule has 0 unspecified atom stereocenters. The quantitative estimate of drug-likeness (QED) is 0.339. The topological polar surface area (TPSA) is 69.2 Å². The van der Waals surface area contributed by atoms with Crippen molar-refractivity contribution in [2.45, 2.75) is 6.42 Å². The van der Waals surface area contributed by atoms with E-state index in [2.05, 4.69) is 33.0 Å². The third-order valence-corrected chi connectivity index (χ3v) is 4.33. The van der Waals surface area contributed by atoms with Crippen molar-refractivity contribution in [2.75, 3.05) is 27.4 Å². The van der Waals surface area contributed by atoms with Crippen molar-refractivity contribution >= 4 is 27.5 Å². The molecule has 150 valence electrons. The molecule has 0 saturated carbocycles. The SMILES string of the molecule is C=CCOc1ccc(CCNC(=O)/C(=N\OC)c2ccc(Br)cc2)cc1OC.[HH]. The number of nitrogens with one attached hydrogen (secondary N) is 1. The molecule has 0 saturated heterocycles. The van der Waals surface area contributed by atoms with E-state index in [1.807, 2.05) is 30.3 Å². The van der Waals surface area contributed by atoms with Crippen molar-refractivity contribution in [2.24, 2.45) is 5.16 Å². The highest BCUT2D eigenvalue weighted by Crippen LogP contribution is 2.28. The van der Waals surface area contributed by atoms with Crippen molar-refractivity contribution in [3.05, 3.63) is 70.7 Å². The highest BCUT2D eigenvalue weighted by Gasteiger charge is 2.15. The summed E-state index contributed by atoms with van der Waals surface area (Å²) in [6, 6.07) is 13.0. The molecule has 0 atom stereocenters. The van der Waals surface area contributed by atoms with Gasteiger partial charge in [0.2, 0.25) is 0 Å². The van der Waals surface area contributed by atoms with Gasteiger partial charge in [-0.2, -0.15) is 0 Å². The zero-order chi connectivity index (χ0) is 20.4. The number of carbonyl (C=O) groups excluding carboxylic acids is 1. The standard InChI is InChI=1S/C21H23BrN2O4.H2/c1-4-13-28-18-10-5-15(14-19(18)26-2)11-12-23-21(25)20(24-27-3)16-6-8-17(22)9-7-16;/h4-10,14H,1,11-13H2,2-3H3,(H,23,25);1H/b24-20-;. The molecule has 28 heavy (non-hydrogen) atoms. The second-order valence-corrected chi connectivity index (χ2v) is 6.64. The molecular weight excluding hydrogens is 424 g/mol. The number of halogens is 1. The van der Waals surface area contributed by atoms with Crippen molar-refractivity contribution in [3.8, 4) is 11.5 Å². The van der Waals surface area contributed by atoms with Crippen molar-refractivity contribution in [3.63, 3.8) is 0 Å². The molecule has 0 aliphatic carbocycles. The van der Waals surface area contributed by atoms with Crippen LogP contribution >= 0.6 is 15.9 Å². The molecular formula is C21H25BrN2O4. The van der Waals surface area contributed by atoms with Gasteiger partial charge in [-0.15, -0.1) is 0 Å². The van der Waals surface area contributed by atoms with Crippen LogP contribution in [0.15, 0.2) is 64.7 Å². The Bertz CT molecular complexity index is 841. The Hall–Kier alpha value is -2.80. The molecule has 1 amide bonds. The van der Waals surface area contributed by atoms with Crippen molar-refractivity contribution < 1.29 is 20.5 Å². The van der Waals surface area contributed by atoms with E-state index in [9.17, 15) is 4.79 Å². The van der Waals surface area contributed by atoms with Crippen molar-refractivity contribution in [1.29, 1.82) is 0 Å². The van der Waals surface area contributed by atoms with E-state index < -0.39 is 0 Å². The molecule has 7 heteroatoms. The van der Waals surface area contributed by atoms with Crippen molar-refractivity contribution in [1.82, 2.24) is 5.32 Å². The number of hydrogen-bond donors (Lipinski definition) is 1. The number of nitrogens with zero attached hydrogens (tertiary/aromatic N) is 1. The van der Waals surface area contributed by atoms with Crippen LogP contribution in [0.5, 0.6) is 11.5 Å². The number of carbonyl (C=O) groups is 1. The fraction of sp³-hybridized carbons (Fsp3) is 0.238. The van der Waals surface area contributed by atoms with E-state index in [-0.39, 0.29) is 13.0 Å². The predicted molar refractivity (Wildman–Crippen MR) is 115 cm³/mol. The van der Waals surface area contributed by atoms with E-state index in [0.29, 0.717) is 36.6 Å². The highest BCUT2D eigenvalue weighted by molar-refractivity contribution is 9.10. The maximum atomic E-state index is 12.5. The van der Waals surface area contributed by atoms with Crippen LogP contribution in [0.25, 0.3) is 0 Å². The summed E-state index contributed by atoms with van der Waals surface area (Å²) in [7, 11) is 3.00. The molecule has 2 rings (SSSR count). The molecule has 0 aliphatic rings. The minimum absolute atomic E-state index is 0. The molecule has 0 aromatic heterocycles. The van der Waals surface area contributed by atoms with Gasteiger partial charge in [0.15, 0.2) is 17.2 Å². The molecule has 2 aromatic rings. The first kappa shape index (κ1) is 21.5. The van der Waals surface area contributed by atoms with Gasteiger partial charge >= 0.3 is 0 Å². The monoisotopic (exact) mass is 448 g/mol. The molecule has 0 aliphatic heterocycles. The Kier molecular flexibility index (Phi) is 8.55. The number of oxime groups is 1. The summed E-state index contributed by atoms with van der Waals surface area (Å²) in [5.41, 5.74) is 1.91. The largest absolute Gasteiger partial charge is 0.493 e. The summed E-state index contributed by atoms with van der Waals surface area (Å²) in [4.78, 5) is 17.3. The number of ether oxygens (including phenoxy) is 2. The summed E-state index contributed by atoms with van der Waals surface area (Å²) in [6.07, 6.45) is 2.30. The molecule has 2 aromatic carbocycles. The predicted octanol–water partition coefficient (Wildman–Crippen LogP) is 3.98. The van der Waals surface area contributed by atoms with Gasteiger partial charge in [0.25, 0.3) is 5.91 Å². The number of amides is 1. The fourth-order valence-electron chi connectivity index (χ4n) is 2.46. The van der Waals surface area contributed by atoms with Gasteiger partial charge in [-0.3, -0.25) is 4.79 Å². The summed E-state index contributed by atoms with van der Waals surface area (Å²) in [5.74, 6) is 0.990. The fourth-order valence-corrected chi connectivity index (χ4v) is 2.73. The normalized spacial score (nSPS) is 10.9. The zero-order valence-corrected chi connectivity index (χ0v) is 17.5. The smallest absolute Gasteiger partial charge is 0.273 e.